The summed E-state index contributed by atoms with van der Waals surface area (Å²) in [6.07, 6.45) is -1.65. The third-order valence-electron chi connectivity index (χ3n) is 3.57. The molecule has 0 aromatic carbocycles. The van der Waals surface area contributed by atoms with Crippen LogP contribution in [-0.2, 0) is 0 Å². The highest BCUT2D eigenvalue weighted by atomic mass is 16.5. The molecule has 1 aromatic rings. The maximum Gasteiger partial charge on any atom is 0.254 e. The number of aromatic amines is 1. The van der Waals surface area contributed by atoms with Crippen LogP contribution in [0.2, 0.25) is 0 Å². The molecule has 1 aliphatic carbocycles. The summed E-state index contributed by atoms with van der Waals surface area (Å²) in [6.45, 7) is -0.206. The van der Waals surface area contributed by atoms with Gasteiger partial charge in [0.1, 0.15) is 0 Å². The Morgan fingerprint density at radius 1 is 1.39 bits per heavy atom. The lowest BCUT2D eigenvalue weighted by molar-refractivity contribution is 0.00222. The molecule has 6 heteroatoms. The fourth-order valence-electron chi connectivity index (χ4n) is 2.49. The van der Waals surface area contributed by atoms with Gasteiger partial charge in [0.05, 0.1) is 19.3 Å². The normalized spacial score (nSPS) is 31.6. The predicted octanol–water partition coefficient (Wildman–Crippen LogP) is -0.799. The Hall–Kier alpha value is -1.37. The Balaban J connectivity index is 2.30. The first-order chi connectivity index (χ1) is 8.58. The number of aliphatic hydroxyl groups is 3. The molecule has 0 spiro atoms. The standard InChI is InChI=1S/C12H17NO5/c1-18-9-3-2-7(12(17)13-9)8-4-6(5-14)10(15)11(8)16/h2-3,6,8,10-11,14-16H,4-5H2,1H3,(H,13,17)/t6-,8+,10-,11+/m1/s1. The lowest BCUT2D eigenvalue weighted by Gasteiger charge is -2.16. The minimum absolute atomic E-state index is 0.206. The van der Waals surface area contributed by atoms with Gasteiger partial charge in [-0.25, -0.2) is 0 Å². The summed E-state index contributed by atoms with van der Waals surface area (Å²) in [5.74, 6) is -0.520. The summed E-state index contributed by atoms with van der Waals surface area (Å²) in [6, 6.07) is 3.18. The molecule has 4 atom stereocenters. The van der Waals surface area contributed by atoms with Gasteiger partial charge < -0.3 is 20.1 Å². The molecule has 1 saturated carbocycles. The van der Waals surface area contributed by atoms with E-state index in [0.29, 0.717) is 17.9 Å². The fraction of sp³-hybridized carbons (Fsp3) is 0.583. The van der Waals surface area contributed by atoms with Crippen molar-refractivity contribution in [3.05, 3.63) is 28.0 Å². The summed E-state index contributed by atoms with van der Waals surface area (Å²) in [5.41, 5.74) is 0.0579. The van der Waals surface area contributed by atoms with E-state index in [0.717, 1.165) is 0 Å². The second kappa shape index (κ2) is 5.09. The van der Waals surface area contributed by atoms with Crippen molar-refractivity contribution >= 4 is 0 Å². The highest BCUT2D eigenvalue weighted by Gasteiger charge is 2.42. The third kappa shape index (κ3) is 2.14. The van der Waals surface area contributed by atoms with E-state index in [1.165, 1.54) is 7.11 Å². The third-order valence-corrected chi connectivity index (χ3v) is 3.57. The van der Waals surface area contributed by atoms with E-state index < -0.39 is 24.0 Å². The van der Waals surface area contributed by atoms with E-state index in [2.05, 4.69) is 4.98 Å². The SMILES string of the molecule is COc1ccc([C@@H]2C[C@H](CO)[C@@H](O)[C@H]2O)c(=O)[nH]1. The predicted molar refractivity (Wildman–Crippen MR) is 63.6 cm³/mol. The summed E-state index contributed by atoms with van der Waals surface area (Å²) in [7, 11) is 1.45. The molecule has 6 nitrogen and oxygen atoms in total. The van der Waals surface area contributed by atoms with E-state index in [-0.39, 0.29) is 12.2 Å². The second-order valence-electron chi connectivity index (χ2n) is 4.58. The van der Waals surface area contributed by atoms with E-state index >= 15 is 0 Å². The highest BCUT2D eigenvalue weighted by Crippen LogP contribution is 2.37. The number of nitrogens with one attached hydrogen (secondary N) is 1. The van der Waals surface area contributed by atoms with Crippen LogP contribution in [0.1, 0.15) is 17.9 Å². The number of methoxy groups -OCH3 is 1. The summed E-state index contributed by atoms with van der Waals surface area (Å²) < 4.78 is 4.90. The van der Waals surface area contributed by atoms with Gasteiger partial charge >= 0.3 is 0 Å². The van der Waals surface area contributed by atoms with Gasteiger partial charge in [0, 0.05) is 24.0 Å². The molecule has 0 aliphatic heterocycles. The molecule has 2 rings (SSSR count). The molecule has 100 valence electrons. The zero-order valence-corrected chi connectivity index (χ0v) is 10.0. The number of pyridine rings is 1. The number of hydrogen-bond acceptors (Lipinski definition) is 5. The monoisotopic (exact) mass is 255 g/mol. The molecule has 18 heavy (non-hydrogen) atoms. The molecule has 1 fully saturated rings. The quantitative estimate of drug-likeness (QED) is 0.566. The largest absolute Gasteiger partial charge is 0.482 e. The van der Waals surface area contributed by atoms with Crippen molar-refractivity contribution in [2.45, 2.75) is 24.5 Å². The van der Waals surface area contributed by atoms with Crippen molar-refractivity contribution in [2.24, 2.45) is 5.92 Å². The van der Waals surface area contributed by atoms with E-state index in [4.69, 9.17) is 9.84 Å². The summed E-state index contributed by atoms with van der Waals surface area (Å²) in [5, 5.41) is 28.7. The van der Waals surface area contributed by atoms with E-state index in [1.807, 2.05) is 0 Å². The zero-order valence-electron chi connectivity index (χ0n) is 10.0. The zero-order chi connectivity index (χ0) is 13.3. The molecule has 1 aliphatic rings. The Morgan fingerprint density at radius 2 is 2.11 bits per heavy atom. The van der Waals surface area contributed by atoms with Gasteiger partial charge in [-0.1, -0.05) is 0 Å². The molecule has 1 heterocycles. The van der Waals surface area contributed by atoms with Gasteiger partial charge in [-0.05, 0) is 18.6 Å². The van der Waals surface area contributed by atoms with Gasteiger partial charge in [-0.2, -0.15) is 0 Å². The number of rotatable bonds is 3. The molecule has 0 amide bonds. The number of hydrogen-bond donors (Lipinski definition) is 4. The van der Waals surface area contributed by atoms with Gasteiger partial charge in [0.2, 0.25) is 0 Å². The Labute approximate surface area is 104 Å². The van der Waals surface area contributed by atoms with Crippen LogP contribution in [0, 0.1) is 5.92 Å². The van der Waals surface area contributed by atoms with Gasteiger partial charge in [0.25, 0.3) is 5.56 Å². The van der Waals surface area contributed by atoms with Gasteiger partial charge in [-0.3, -0.25) is 9.78 Å². The van der Waals surface area contributed by atoms with Crippen molar-refractivity contribution in [1.29, 1.82) is 0 Å². The van der Waals surface area contributed by atoms with Gasteiger partial charge in [-0.15, -0.1) is 0 Å². The van der Waals surface area contributed by atoms with E-state index in [1.54, 1.807) is 12.1 Å². The van der Waals surface area contributed by atoms with Gasteiger partial charge in [0.15, 0.2) is 5.88 Å². The van der Waals surface area contributed by atoms with Crippen molar-refractivity contribution in [2.75, 3.05) is 13.7 Å². The second-order valence-corrected chi connectivity index (χ2v) is 4.58. The average Bonchev–Trinajstić information content (AvgIpc) is 2.66. The van der Waals surface area contributed by atoms with Crippen LogP contribution in [0.25, 0.3) is 0 Å². The maximum atomic E-state index is 11.8. The minimum atomic E-state index is -1.03. The lowest BCUT2D eigenvalue weighted by Crippen LogP contribution is -2.30. The number of aromatic nitrogens is 1. The Bertz CT molecular complexity index is 472. The van der Waals surface area contributed by atoms with Crippen LogP contribution in [0.15, 0.2) is 16.9 Å². The summed E-state index contributed by atoms with van der Waals surface area (Å²) in [4.78, 5) is 14.4. The lowest BCUT2D eigenvalue weighted by atomic mass is 9.96. The molecule has 4 N–H and O–H groups in total. The molecule has 0 bridgehead atoms. The van der Waals surface area contributed by atoms with Crippen molar-refractivity contribution < 1.29 is 20.1 Å². The van der Waals surface area contributed by atoms with Crippen LogP contribution in [0.5, 0.6) is 5.88 Å². The molecular weight excluding hydrogens is 238 g/mol. The number of aliphatic hydroxyl groups excluding tert-OH is 3. The molecular formula is C12H17NO5. The Kier molecular flexibility index (Phi) is 3.70. The Morgan fingerprint density at radius 3 is 2.61 bits per heavy atom. The summed E-state index contributed by atoms with van der Waals surface area (Å²) >= 11 is 0. The number of ether oxygens (including phenoxy) is 1. The first kappa shape index (κ1) is 13.1. The smallest absolute Gasteiger partial charge is 0.254 e. The molecule has 0 radical (unpaired) electrons. The molecule has 0 saturated heterocycles. The maximum absolute atomic E-state index is 11.8. The topological polar surface area (TPSA) is 103 Å². The van der Waals surface area contributed by atoms with Crippen LogP contribution in [0.3, 0.4) is 0 Å². The first-order valence-corrected chi connectivity index (χ1v) is 5.82. The van der Waals surface area contributed by atoms with E-state index in [9.17, 15) is 15.0 Å². The molecule has 0 unspecified atom stereocenters. The van der Waals surface area contributed by atoms with Crippen molar-refractivity contribution in [3.8, 4) is 5.88 Å². The van der Waals surface area contributed by atoms with Crippen LogP contribution >= 0.6 is 0 Å². The minimum Gasteiger partial charge on any atom is -0.482 e. The molecule has 1 aromatic heterocycles. The first-order valence-electron chi connectivity index (χ1n) is 5.82. The number of H-pyrrole nitrogens is 1. The van der Waals surface area contributed by atoms with Crippen molar-refractivity contribution in [3.63, 3.8) is 0 Å². The highest BCUT2D eigenvalue weighted by molar-refractivity contribution is 5.24. The fourth-order valence-corrected chi connectivity index (χ4v) is 2.49. The van der Waals surface area contributed by atoms with Crippen LogP contribution in [-0.4, -0.2) is 46.2 Å². The average molecular weight is 255 g/mol. The van der Waals surface area contributed by atoms with Crippen LogP contribution < -0.4 is 10.3 Å². The van der Waals surface area contributed by atoms with Crippen molar-refractivity contribution in [1.82, 2.24) is 4.98 Å². The van der Waals surface area contributed by atoms with Crippen LogP contribution in [0.4, 0.5) is 0 Å².